The normalized spacial score (nSPS) is 21.5. The number of carbonyl (C=O) groups is 3. The van der Waals surface area contributed by atoms with Gasteiger partial charge in [0.1, 0.15) is 18.8 Å². The number of amides is 3. The SMILES string of the molecule is O=C(Nc1cccc(Cl)c1)OC[C@H]1O[C@H](O)[C@H](OC(=O)Nc2cccc(Cl)c2)[C@@H](OC(=O)Nc2cccc(Cl)c2)[C@@H]1O. The first-order valence-corrected chi connectivity index (χ1v) is 13.4. The molecule has 0 saturated carbocycles. The van der Waals surface area contributed by atoms with Crippen molar-refractivity contribution >= 4 is 70.1 Å². The van der Waals surface area contributed by atoms with Crippen LogP contribution in [0.3, 0.4) is 0 Å². The van der Waals surface area contributed by atoms with Crippen molar-refractivity contribution < 1.29 is 43.5 Å². The molecule has 12 nitrogen and oxygen atoms in total. The summed E-state index contributed by atoms with van der Waals surface area (Å²) in [6.07, 6.45) is -11.5. The minimum absolute atomic E-state index is 0.267. The zero-order chi connectivity index (χ0) is 30.2. The van der Waals surface area contributed by atoms with Crippen LogP contribution in [0.1, 0.15) is 0 Å². The van der Waals surface area contributed by atoms with E-state index in [1.54, 1.807) is 42.5 Å². The molecule has 3 aromatic carbocycles. The molecular weight excluding hydrogens is 617 g/mol. The van der Waals surface area contributed by atoms with E-state index in [-0.39, 0.29) is 11.4 Å². The van der Waals surface area contributed by atoms with E-state index >= 15 is 0 Å². The average molecular weight is 641 g/mol. The molecule has 0 unspecified atom stereocenters. The fourth-order valence-corrected chi connectivity index (χ4v) is 4.43. The fourth-order valence-electron chi connectivity index (χ4n) is 3.86. The molecule has 42 heavy (non-hydrogen) atoms. The van der Waals surface area contributed by atoms with Crippen LogP contribution in [0.4, 0.5) is 31.4 Å². The van der Waals surface area contributed by atoms with Gasteiger partial charge in [0.05, 0.1) is 0 Å². The molecule has 0 aromatic heterocycles. The fraction of sp³-hybridized carbons (Fsp3) is 0.222. The molecule has 5 atom stereocenters. The summed E-state index contributed by atoms with van der Waals surface area (Å²) in [4.78, 5) is 37.6. The van der Waals surface area contributed by atoms with Gasteiger partial charge in [-0.15, -0.1) is 0 Å². The highest BCUT2D eigenvalue weighted by molar-refractivity contribution is 6.31. The van der Waals surface area contributed by atoms with Crippen LogP contribution in [0.5, 0.6) is 0 Å². The summed E-state index contributed by atoms with van der Waals surface area (Å²) in [5, 5.41) is 30.1. The van der Waals surface area contributed by atoms with Crippen molar-refractivity contribution in [3.05, 3.63) is 87.9 Å². The number of carbonyl (C=O) groups excluding carboxylic acids is 3. The van der Waals surface area contributed by atoms with Crippen LogP contribution in [0.15, 0.2) is 72.8 Å². The topological polar surface area (TPSA) is 165 Å². The van der Waals surface area contributed by atoms with Crippen LogP contribution in [0.2, 0.25) is 15.1 Å². The number of benzene rings is 3. The third-order valence-electron chi connectivity index (χ3n) is 5.71. The van der Waals surface area contributed by atoms with Crippen molar-refractivity contribution in [2.24, 2.45) is 0 Å². The van der Waals surface area contributed by atoms with E-state index in [1.807, 2.05) is 0 Å². The van der Waals surface area contributed by atoms with Gasteiger partial charge < -0.3 is 29.2 Å². The molecule has 3 aromatic rings. The number of hydrogen-bond acceptors (Lipinski definition) is 9. The molecule has 4 rings (SSSR count). The molecule has 3 amide bonds. The van der Waals surface area contributed by atoms with Crippen LogP contribution in [0, 0.1) is 0 Å². The first-order valence-electron chi connectivity index (χ1n) is 12.2. The Labute approximate surface area is 254 Å². The van der Waals surface area contributed by atoms with Gasteiger partial charge in [-0.3, -0.25) is 16.0 Å². The largest absolute Gasteiger partial charge is 0.446 e. The van der Waals surface area contributed by atoms with Crippen molar-refractivity contribution in [3.63, 3.8) is 0 Å². The lowest BCUT2D eigenvalue weighted by Gasteiger charge is -2.41. The van der Waals surface area contributed by atoms with E-state index in [2.05, 4.69) is 16.0 Å². The number of nitrogens with one attached hydrogen (secondary N) is 3. The zero-order valence-electron chi connectivity index (χ0n) is 21.4. The molecule has 1 aliphatic rings. The Balaban J connectivity index is 1.45. The number of ether oxygens (including phenoxy) is 4. The van der Waals surface area contributed by atoms with Gasteiger partial charge >= 0.3 is 18.3 Å². The number of aliphatic hydroxyl groups excluding tert-OH is 2. The second-order valence-corrected chi connectivity index (χ2v) is 10.1. The van der Waals surface area contributed by atoms with Gasteiger partial charge in [0.15, 0.2) is 18.5 Å². The third kappa shape index (κ3) is 8.86. The molecular formula is C27H24Cl3N3O9. The van der Waals surface area contributed by atoms with Crippen LogP contribution < -0.4 is 16.0 Å². The summed E-state index contributed by atoms with van der Waals surface area (Å²) in [5.41, 5.74) is 0.881. The molecule has 1 saturated heterocycles. The minimum Gasteiger partial charge on any atom is -0.446 e. The van der Waals surface area contributed by atoms with Crippen molar-refractivity contribution in [1.29, 1.82) is 0 Å². The number of hydrogen-bond donors (Lipinski definition) is 5. The summed E-state index contributed by atoms with van der Waals surface area (Å²) in [7, 11) is 0. The van der Waals surface area contributed by atoms with E-state index in [4.69, 9.17) is 53.8 Å². The van der Waals surface area contributed by atoms with Crippen molar-refractivity contribution in [1.82, 2.24) is 0 Å². The molecule has 0 radical (unpaired) electrons. The Morgan fingerprint density at radius 1 is 0.690 bits per heavy atom. The number of rotatable bonds is 7. The van der Waals surface area contributed by atoms with Gasteiger partial charge in [-0.1, -0.05) is 53.0 Å². The van der Waals surface area contributed by atoms with Gasteiger partial charge in [0.2, 0.25) is 0 Å². The van der Waals surface area contributed by atoms with Crippen LogP contribution in [0.25, 0.3) is 0 Å². The smallest absolute Gasteiger partial charge is 0.412 e. The van der Waals surface area contributed by atoms with Gasteiger partial charge in [-0.05, 0) is 54.6 Å². The molecule has 1 heterocycles. The predicted molar refractivity (Wildman–Crippen MR) is 154 cm³/mol. The van der Waals surface area contributed by atoms with Crippen molar-refractivity contribution in [2.45, 2.75) is 30.7 Å². The molecule has 5 N–H and O–H groups in total. The molecule has 1 aliphatic heterocycles. The van der Waals surface area contributed by atoms with Gasteiger partial charge in [0.25, 0.3) is 0 Å². The lowest BCUT2D eigenvalue weighted by Crippen LogP contribution is -2.61. The number of anilines is 3. The Morgan fingerprint density at radius 3 is 1.57 bits per heavy atom. The van der Waals surface area contributed by atoms with Gasteiger partial charge in [-0.25, -0.2) is 14.4 Å². The van der Waals surface area contributed by atoms with Gasteiger partial charge in [0, 0.05) is 32.1 Å². The summed E-state index contributed by atoms with van der Waals surface area (Å²) < 4.78 is 21.1. The summed E-state index contributed by atoms with van der Waals surface area (Å²) in [6, 6.07) is 18.6. The minimum atomic E-state index is -1.91. The van der Waals surface area contributed by atoms with E-state index in [0.29, 0.717) is 20.8 Å². The first kappa shape index (κ1) is 31.2. The predicted octanol–water partition coefficient (Wildman–Crippen LogP) is 5.51. The Hall–Kier alpha value is -3.78. The number of aliphatic hydroxyl groups is 2. The van der Waals surface area contributed by atoms with Crippen LogP contribution in [-0.2, 0) is 18.9 Å². The van der Waals surface area contributed by atoms with Gasteiger partial charge in [-0.2, -0.15) is 0 Å². The quantitative estimate of drug-likeness (QED) is 0.210. The van der Waals surface area contributed by atoms with Crippen molar-refractivity contribution in [2.75, 3.05) is 22.6 Å². The Kier molecular flexibility index (Phi) is 10.7. The maximum Gasteiger partial charge on any atom is 0.412 e. The average Bonchev–Trinajstić information content (AvgIpc) is 2.92. The maximum atomic E-state index is 12.7. The summed E-state index contributed by atoms with van der Waals surface area (Å²) in [5.74, 6) is 0. The second-order valence-electron chi connectivity index (χ2n) is 8.80. The molecule has 0 bridgehead atoms. The second kappa shape index (κ2) is 14.4. The van der Waals surface area contributed by atoms with Crippen molar-refractivity contribution in [3.8, 4) is 0 Å². The summed E-state index contributed by atoms with van der Waals surface area (Å²) in [6.45, 7) is -0.582. The highest BCUT2D eigenvalue weighted by Gasteiger charge is 2.50. The molecule has 1 fully saturated rings. The molecule has 222 valence electrons. The van der Waals surface area contributed by atoms with E-state index in [1.165, 1.54) is 30.3 Å². The van der Waals surface area contributed by atoms with Crippen LogP contribution in [-0.4, -0.2) is 65.8 Å². The molecule has 0 spiro atoms. The third-order valence-corrected chi connectivity index (χ3v) is 6.42. The lowest BCUT2D eigenvalue weighted by molar-refractivity contribution is -0.283. The monoisotopic (exact) mass is 639 g/mol. The molecule has 0 aliphatic carbocycles. The zero-order valence-corrected chi connectivity index (χ0v) is 23.7. The lowest BCUT2D eigenvalue weighted by atomic mass is 9.99. The van der Waals surface area contributed by atoms with Crippen LogP contribution >= 0.6 is 34.8 Å². The highest BCUT2D eigenvalue weighted by atomic mass is 35.5. The number of halogens is 3. The maximum absolute atomic E-state index is 12.7. The first-order chi connectivity index (χ1) is 20.1. The Bertz CT molecular complexity index is 1430. The summed E-state index contributed by atoms with van der Waals surface area (Å²) >= 11 is 17.8. The highest BCUT2D eigenvalue weighted by Crippen LogP contribution is 2.27. The van der Waals surface area contributed by atoms with E-state index in [9.17, 15) is 24.6 Å². The van der Waals surface area contributed by atoms with E-state index in [0.717, 1.165) is 0 Å². The van der Waals surface area contributed by atoms with E-state index < -0.39 is 55.6 Å². The Morgan fingerprint density at radius 2 is 1.12 bits per heavy atom. The molecule has 15 heteroatoms. The standard InChI is InChI=1S/C27H24Cl3N3O9/c28-14-4-1-7-17(10-14)31-25(36)39-13-20-21(34)22(41-26(37)32-18-8-2-5-15(29)11-18)23(24(35)40-20)42-27(38)33-19-9-3-6-16(30)12-19/h1-12,20-24,34-35H,13H2,(H,31,36)(H,32,37)(H,33,38)/t20-,21-,22+,23-,24+/m1/s1.